The van der Waals surface area contributed by atoms with Crippen molar-refractivity contribution < 1.29 is 13.2 Å². The van der Waals surface area contributed by atoms with Gasteiger partial charge >= 0.3 is 0 Å². The average Bonchev–Trinajstić information content (AvgIpc) is 2.36. The SMILES string of the molecule is CN(C)C(=O)CNS(=O)(=O)c1ccc(CN)nc1. The first-order valence-corrected chi connectivity index (χ1v) is 6.70. The smallest absolute Gasteiger partial charge is 0.242 e. The summed E-state index contributed by atoms with van der Waals surface area (Å²) in [4.78, 5) is 16.5. The van der Waals surface area contributed by atoms with Gasteiger partial charge in [-0.2, -0.15) is 0 Å². The number of aromatic nitrogens is 1. The van der Waals surface area contributed by atoms with E-state index in [-0.39, 0.29) is 23.9 Å². The Hall–Kier alpha value is -1.51. The fourth-order valence-electron chi connectivity index (χ4n) is 1.09. The van der Waals surface area contributed by atoms with Crippen LogP contribution in [0.15, 0.2) is 23.2 Å². The number of hydrogen-bond donors (Lipinski definition) is 2. The summed E-state index contributed by atoms with van der Waals surface area (Å²) in [5.74, 6) is -0.329. The van der Waals surface area contributed by atoms with Gasteiger partial charge in [0.05, 0.1) is 12.2 Å². The molecule has 0 unspecified atom stereocenters. The van der Waals surface area contributed by atoms with Crippen LogP contribution < -0.4 is 10.5 Å². The molecule has 1 amide bonds. The molecule has 0 aliphatic rings. The summed E-state index contributed by atoms with van der Waals surface area (Å²) in [6, 6.07) is 2.93. The Labute approximate surface area is 106 Å². The summed E-state index contributed by atoms with van der Waals surface area (Å²) >= 11 is 0. The summed E-state index contributed by atoms with van der Waals surface area (Å²) in [6.45, 7) is -0.0408. The number of sulfonamides is 1. The van der Waals surface area contributed by atoms with Gasteiger partial charge in [0.1, 0.15) is 4.90 Å². The van der Waals surface area contributed by atoms with E-state index < -0.39 is 10.0 Å². The molecule has 1 aromatic heterocycles. The number of hydrogen-bond acceptors (Lipinski definition) is 5. The van der Waals surface area contributed by atoms with Crippen molar-refractivity contribution in [2.24, 2.45) is 5.73 Å². The highest BCUT2D eigenvalue weighted by Gasteiger charge is 2.16. The van der Waals surface area contributed by atoms with Crippen molar-refractivity contribution in [2.75, 3.05) is 20.6 Å². The highest BCUT2D eigenvalue weighted by atomic mass is 32.2. The van der Waals surface area contributed by atoms with E-state index in [1.54, 1.807) is 14.1 Å². The molecule has 0 saturated carbocycles. The lowest BCUT2D eigenvalue weighted by molar-refractivity contribution is -0.127. The maximum absolute atomic E-state index is 11.8. The normalized spacial score (nSPS) is 11.3. The van der Waals surface area contributed by atoms with Gasteiger partial charge in [-0.15, -0.1) is 0 Å². The van der Waals surface area contributed by atoms with Crippen LogP contribution in [0.2, 0.25) is 0 Å². The number of nitrogens with one attached hydrogen (secondary N) is 1. The van der Waals surface area contributed by atoms with Gasteiger partial charge in [0.25, 0.3) is 0 Å². The molecular formula is C10H16N4O3S. The molecule has 1 heterocycles. The van der Waals surface area contributed by atoms with Crippen LogP contribution >= 0.6 is 0 Å². The van der Waals surface area contributed by atoms with Gasteiger partial charge in [-0.05, 0) is 12.1 Å². The van der Waals surface area contributed by atoms with Crippen LogP contribution in [0.4, 0.5) is 0 Å². The van der Waals surface area contributed by atoms with Gasteiger partial charge in [-0.25, -0.2) is 13.1 Å². The summed E-state index contributed by atoms with van der Waals surface area (Å²) < 4.78 is 25.8. The fourth-order valence-corrected chi connectivity index (χ4v) is 2.01. The van der Waals surface area contributed by atoms with Gasteiger partial charge in [0.15, 0.2) is 0 Å². The molecule has 0 radical (unpaired) electrons. The third kappa shape index (κ3) is 3.76. The molecule has 0 aliphatic carbocycles. The van der Waals surface area contributed by atoms with Crippen LogP contribution in [0.1, 0.15) is 5.69 Å². The minimum absolute atomic E-state index is 0.00579. The number of carbonyl (C=O) groups is 1. The van der Waals surface area contributed by atoms with E-state index in [0.29, 0.717) is 5.69 Å². The second-order valence-corrected chi connectivity index (χ2v) is 5.57. The van der Waals surface area contributed by atoms with Crippen molar-refractivity contribution in [3.8, 4) is 0 Å². The molecule has 7 nitrogen and oxygen atoms in total. The Kier molecular flexibility index (Phi) is 4.76. The zero-order valence-electron chi connectivity index (χ0n) is 10.3. The molecule has 0 saturated heterocycles. The molecule has 18 heavy (non-hydrogen) atoms. The van der Waals surface area contributed by atoms with Crippen molar-refractivity contribution in [3.05, 3.63) is 24.0 Å². The Balaban J connectivity index is 2.77. The zero-order chi connectivity index (χ0) is 13.8. The number of nitrogens with two attached hydrogens (primary N) is 1. The molecule has 100 valence electrons. The minimum atomic E-state index is -3.71. The Morgan fingerprint density at radius 3 is 2.56 bits per heavy atom. The molecule has 8 heteroatoms. The molecule has 1 rings (SSSR count). The molecule has 0 bridgehead atoms. The van der Waals surface area contributed by atoms with E-state index in [0.717, 1.165) is 0 Å². The van der Waals surface area contributed by atoms with Crippen molar-refractivity contribution >= 4 is 15.9 Å². The van der Waals surface area contributed by atoms with Gasteiger partial charge in [0, 0.05) is 26.8 Å². The zero-order valence-corrected chi connectivity index (χ0v) is 11.1. The van der Waals surface area contributed by atoms with Crippen molar-refractivity contribution in [1.29, 1.82) is 0 Å². The number of likely N-dealkylation sites (N-methyl/N-ethyl adjacent to an activating group) is 1. The summed E-state index contributed by atoms with van der Waals surface area (Å²) in [6.07, 6.45) is 1.21. The van der Waals surface area contributed by atoms with E-state index in [1.165, 1.54) is 23.2 Å². The minimum Gasteiger partial charge on any atom is -0.348 e. The van der Waals surface area contributed by atoms with Crippen LogP contribution in [0.5, 0.6) is 0 Å². The predicted octanol–water partition coefficient (Wildman–Crippen LogP) is -1.09. The molecule has 0 spiro atoms. The maximum Gasteiger partial charge on any atom is 0.242 e. The van der Waals surface area contributed by atoms with E-state index in [2.05, 4.69) is 9.71 Å². The first-order chi connectivity index (χ1) is 8.36. The lowest BCUT2D eigenvalue weighted by Crippen LogP contribution is -2.36. The molecule has 0 aliphatic heterocycles. The lowest BCUT2D eigenvalue weighted by atomic mass is 10.4. The molecule has 0 fully saturated rings. The van der Waals surface area contributed by atoms with E-state index in [9.17, 15) is 13.2 Å². The lowest BCUT2D eigenvalue weighted by Gasteiger charge is -2.11. The summed E-state index contributed by atoms with van der Waals surface area (Å²) in [7, 11) is -0.615. The second-order valence-electron chi connectivity index (χ2n) is 3.80. The van der Waals surface area contributed by atoms with E-state index in [4.69, 9.17) is 5.73 Å². The number of pyridine rings is 1. The molecule has 1 aromatic rings. The molecule has 3 N–H and O–H groups in total. The molecule has 0 aromatic carbocycles. The first-order valence-electron chi connectivity index (χ1n) is 5.21. The standard InChI is InChI=1S/C10H16N4O3S/c1-14(2)10(15)7-13-18(16,17)9-4-3-8(5-11)12-6-9/h3-4,6,13H,5,7,11H2,1-2H3. The van der Waals surface area contributed by atoms with Crippen LogP contribution in [0.25, 0.3) is 0 Å². The second kappa shape index (κ2) is 5.89. The van der Waals surface area contributed by atoms with Gasteiger partial charge in [-0.3, -0.25) is 9.78 Å². The number of nitrogens with zero attached hydrogens (tertiary/aromatic N) is 2. The predicted molar refractivity (Wildman–Crippen MR) is 66.0 cm³/mol. The highest BCUT2D eigenvalue weighted by Crippen LogP contribution is 2.07. The third-order valence-corrected chi connectivity index (χ3v) is 3.62. The fraction of sp³-hybridized carbons (Fsp3) is 0.400. The topological polar surface area (TPSA) is 105 Å². The Bertz CT molecular complexity index is 510. The van der Waals surface area contributed by atoms with Crippen LogP contribution in [-0.4, -0.2) is 44.8 Å². The Morgan fingerprint density at radius 1 is 1.44 bits per heavy atom. The Morgan fingerprint density at radius 2 is 2.11 bits per heavy atom. The van der Waals surface area contributed by atoms with Gasteiger partial charge < -0.3 is 10.6 Å². The van der Waals surface area contributed by atoms with Crippen molar-refractivity contribution in [2.45, 2.75) is 11.4 Å². The van der Waals surface area contributed by atoms with Crippen LogP contribution in [-0.2, 0) is 21.4 Å². The van der Waals surface area contributed by atoms with Crippen molar-refractivity contribution in [3.63, 3.8) is 0 Å². The average molecular weight is 272 g/mol. The summed E-state index contributed by atoms with van der Waals surface area (Å²) in [5.41, 5.74) is 5.96. The number of rotatable bonds is 5. The van der Waals surface area contributed by atoms with E-state index >= 15 is 0 Å². The first kappa shape index (κ1) is 14.6. The number of amides is 1. The van der Waals surface area contributed by atoms with Gasteiger partial charge in [-0.1, -0.05) is 0 Å². The molecule has 0 atom stereocenters. The van der Waals surface area contributed by atoms with Gasteiger partial charge in [0.2, 0.25) is 15.9 Å². The third-order valence-electron chi connectivity index (χ3n) is 2.23. The largest absolute Gasteiger partial charge is 0.348 e. The van der Waals surface area contributed by atoms with E-state index in [1.807, 2.05) is 0 Å². The summed E-state index contributed by atoms with van der Waals surface area (Å²) in [5, 5.41) is 0. The van der Waals surface area contributed by atoms with Crippen molar-refractivity contribution in [1.82, 2.24) is 14.6 Å². The monoisotopic (exact) mass is 272 g/mol. The van der Waals surface area contributed by atoms with Crippen LogP contribution in [0.3, 0.4) is 0 Å². The maximum atomic E-state index is 11.8. The highest BCUT2D eigenvalue weighted by molar-refractivity contribution is 7.89. The van der Waals surface area contributed by atoms with Crippen LogP contribution in [0, 0.1) is 0 Å². The number of carbonyl (C=O) groups excluding carboxylic acids is 1. The molecular weight excluding hydrogens is 256 g/mol. The quantitative estimate of drug-likeness (QED) is 0.708.